The summed E-state index contributed by atoms with van der Waals surface area (Å²) in [5, 5.41) is 18.7. The molecule has 0 saturated carbocycles. The first kappa shape index (κ1) is 9.36. The average Bonchev–Trinajstić information content (AvgIpc) is 2.40. The fourth-order valence-corrected chi connectivity index (χ4v) is 2.71. The molecule has 0 aliphatic carbocycles. The minimum Gasteiger partial charge on any atom is -0.508 e. The van der Waals surface area contributed by atoms with Crippen LogP contribution < -0.4 is 0 Å². The summed E-state index contributed by atoms with van der Waals surface area (Å²) in [4.78, 5) is 10.9. The monoisotopic (exact) mass is 226 g/mol. The topological polar surface area (TPSA) is 57.5 Å². The Morgan fingerprint density at radius 2 is 2.14 bits per heavy atom. The second-order valence-corrected chi connectivity index (χ2v) is 4.57. The third-order valence-corrected chi connectivity index (χ3v) is 3.34. The van der Waals surface area contributed by atoms with Gasteiger partial charge in [-0.15, -0.1) is 24.0 Å². The van der Waals surface area contributed by atoms with Gasteiger partial charge in [0.05, 0.1) is 9.77 Å². The van der Waals surface area contributed by atoms with Gasteiger partial charge in [-0.2, -0.15) is 0 Å². The Morgan fingerprint density at radius 1 is 1.43 bits per heavy atom. The number of thiol groups is 1. The van der Waals surface area contributed by atoms with E-state index in [1.807, 2.05) is 0 Å². The van der Waals surface area contributed by atoms with E-state index in [1.165, 1.54) is 23.5 Å². The van der Waals surface area contributed by atoms with Crippen LogP contribution in [0.15, 0.2) is 22.4 Å². The number of aromatic hydroxyl groups is 1. The van der Waals surface area contributed by atoms with E-state index in [4.69, 9.17) is 5.11 Å². The highest BCUT2D eigenvalue weighted by atomic mass is 32.2. The van der Waals surface area contributed by atoms with Gasteiger partial charge in [-0.05, 0) is 18.2 Å². The summed E-state index contributed by atoms with van der Waals surface area (Å²) in [6.45, 7) is 0. The predicted molar refractivity (Wildman–Crippen MR) is 57.7 cm³/mol. The van der Waals surface area contributed by atoms with Crippen LogP contribution in [0, 0.1) is 0 Å². The molecule has 1 aromatic heterocycles. The number of carbonyl (C=O) groups is 1. The molecule has 2 aromatic rings. The van der Waals surface area contributed by atoms with E-state index in [9.17, 15) is 9.90 Å². The Hall–Kier alpha value is -1.20. The molecule has 72 valence electrons. The third-order valence-electron chi connectivity index (χ3n) is 1.87. The summed E-state index contributed by atoms with van der Waals surface area (Å²) in [5.74, 6) is -0.960. The maximum atomic E-state index is 10.9. The van der Waals surface area contributed by atoms with E-state index in [2.05, 4.69) is 12.6 Å². The van der Waals surface area contributed by atoms with Gasteiger partial charge in [-0.3, -0.25) is 0 Å². The van der Waals surface area contributed by atoms with Crippen LogP contribution in [0.1, 0.15) is 10.4 Å². The SMILES string of the molecule is O=C(O)c1c(S)sc2ccc(O)cc12. The molecule has 1 heterocycles. The van der Waals surface area contributed by atoms with E-state index in [0.29, 0.717) is 9.60 Å². The average molecular weight is 226 g/mol. The van der Waals surface area contributed by atoms with Gasteiger partial charge in [0.1, 0.15) is 5.75 Å². The molecule has 0 atom stereocenters. The molecule has 5 heteroatoms. The number of carboxylic acids is 1. The Bertz CT molecular complexity index is 516. The normalized spacial score (nSPS) is 10.6. The molecular weight excluding hydrogens is 220 g/mol. The minimum absolute atomic E-state index is 0.0612. The van der Waals surface area contributed by atoms with Gasteiger partial charge in [-0.1, -0.05) is 0 Å². The van der Waals surface area contributed by atoms with Crippen molar-refractivity contribution in [2.75, 3.05) is 0 Å². The quantitative estimate of drug-likeness (QED) is 0.655. The van der Waals surface area contributed by atoms with Crippen molar-refractivity contribution in [2.24, 2.45) is 0 Å². The van der Waals surface area contributed by atoms with Gasteiger partial charge in [-0.25, -0.2) is 4.79 Å². The Kier molecular flexibility index (Phi) is 2.13. The summed E-state index contributed by atoms with van der Waals surface area (Å²) in [5.41, 5.74) is 0.157. The van der Waals surface area contributed by atoms with Gasteiger partial charge in [0, 0.05) is 10.1 Å². The molecule has 0 fully saturated rings. The molecule has 0 radical (unpaired) electrons. The molecule has 1 aromatic carbocycles. The van der Waals surface area contributed by atoms with Crippen molar-refractivity contribution >= 4 is 40.0 Å². The number of phenolic OH excluding ortho intramolecular Hbond substituents is 1. The first-order chi connectivity index (χ1) is 6.59. The van der Waals surface area contributed by atoms with E-state index < -0.39 is 5.97 Å². The van der Waals surface area contributed by atoms with E-state index in [-0.39, 0.29) is 11.3 Å². The first-order valence-electron chi connectivity index (χ1n) is 3.77. The number of phenols is 1. The molecule has 0 aliphatic heterocycles. The zero-order chi connectivity index (χ0) is 10.3. The number of hydrogen-bond acceptors (Lipinski definition) is 4. The minimum atomic E-state index is -1.02. The van der Waals surface area contributed by atoms with Crippen LogP contribution >= 0.6 is 24.0 Å². The molecule has 0 aliphatic rings. The zero-order valence-corrected chi connectivity index (χ0v) is 8.60. The van der Waals surface area contributed by atoms with Gasteiger partial charge in [0.2, 0.25) is 0 Å². The highest BCUT2D eigenvalue weighted by Gasteiger charge is 2.16. The molecule has 0 unspecified atom stereocenters. The fraction of sp³-hybridized carbons (Fsp3) is 0. The van der Waals surface area contributed by atoms with Crippen molar-refractivity contribution in [3.8, 4) is 5.75 Å². The first-order valence-corrected chi connectivity index (χ1v) is 5.03. The summed E-state index contributed by atoms with van der Waals surface area (Å²) in [6, 6.07) is 4.65. The van der Waals surface area contributed by atoms with E-state index >= 15 is 0 Å². The number of thiophene rings is 1. The van der Waals surface area contributed by atoms with Crippen LogP contribution in [0.5, 0.6) is 5.75 Å². The molecule has 0 saturated heterocycles. The van der Waals surface area contributed by atoms with Crippen molar-refractivity contribution in [2.45, 2.75) is 4.21 Å². The van der Waals surface area contributed by atoms with Crippen molar-refractivity contribution in [3.05, 3.63) is 23.8 Å². The lowest BCUT2D eigenvalue weighted by atomic mass is 10.2. The molecule has 3 nitrogen and oxygen atoms in total. The van der Waals surface area contributed by atoms with Crippen LogP contribution in [0.3, 0.4) is 0 Å². The highest BCUT2D eigenvalue weighted by molar-refractivity contribution is 7.83. The summed E-state index contributed by atoms with van der Waals surface area (Å²) in [6.07, 6.45) is 0. The predicted octanol–water partition coefficient (Wildman–Crippen LogP) is 2.59. The van der Waals surface area contributed by atoms with Gasteiger partial charge < -0.3 is 10.2 Å². The molecule has 0 amide bonds. The number of benzene rings is 1. The van der Waals surface area contributed by atoms with Gasteiger partial charge >= 0.3 is 5.97 Å². The zero-order valence-electron chi connectivity index (χ0n) is 6.89. The Balaban J connectivity index is 2.86. The third kappa shape index (κ3) is 1.34. The lowest BCUT2D eigenvalue weighted by molar-refractivity contribution is 0.0696. The smallest absolute Gasteiger partial charge is 0.338 e. The fourth-order valence-electron chi connectivity index (χ4n) is 1.28. The molecule has 2 rings (SSSR count). The van der Waals surface area contributed by atoms with Crippen molar-refractivity contribution in [1.29, 1.82) is 0 Å². The summed E-state index contributed by atoms with van der Waals surface area (Å²) >= 11 is 5.37. The standard InChI is InChI=1S/C9H6O3S2/c10-4-1-2-6-5(3-4)7(8(11)12)9(13)14-6/h1-3,10,13H,(H,11,12). The maximum absolute atomic E-state index is 10.9. The van der Waals surface area contributed by atoms with Crippen molar-refractivity contribution in [3.63, 3.8) is 0 Å². The molecule has 14 heavy (non-hydrogen) atoms. The summed E-state index contributed by atoms with van der Waals surface area (Å²) in [7, 11) is 0. The second-order valence-electron chi connectivity index (χ2n) is 2.77. The molecule has 0 spiro atoms. The summed E-state index contributed by atoms with van der Waals surface area (Å²) < 4.78 is 1.27. The number of rotatable bonds is 1. The van der Waals surface area contributed by atoms with E-state index in [0.717, 1.165) is 4.70 Å². The number of carboxylic acid groups (broad SMARTS) is 1. The van der Waals surface area contributed by atoms with Crippen LogP contribution in [-0.2, 0) is 0 Å². The number of aromatic carboxylic acids is 1. The maximum Gasteiger partial charge on any atom is 0.338 e. The van der Waals surface area contributed by atoms with Crippen molar-refractivity contribution in [1.82, 2.24) is 0 Å². The van der Waals surface area contributed by atoms with Crippen LogP contribution in [0.25, 0.3) is 10.1 Å². The van der Waals surface area contributed by atoms with Gasteiger partial charge in [0.15, 0.2) is 0 Å². The van der Waals surface area contributed by atoms with Crippen molar-refractivity contribution < 1.29 is 15.0 Å². The lowest BCUT2D eigenvalue weighted by Gasteiger charge is -1.94. The Labute approximate surface area is 89.0 Å². The van der Waals surface area contributed by atoms with Crippen LogP contribution in [0.4, 0.5) is 0 Å². The molecular formula is C9H6O3S2. The van der Waals surface area contributed by atoms with E-state index in [1.54, 1.807) is 6.07 Å². The molecule has 2 N–H and O–H groups in total. The molecule has 0 bridgehead atoms. The number of hydrogen-bond donors (Lipinski definition) is 3. The largest absolute Gasteiger partial charge is 0.508 e. The lowest BCUT2D eigenvalue weighted by Crippen LogP contribution is -1.94. The Morgan fingerprint density at radius 3 is 2.79 bits per heavy atom. The van der Waals surface area contributed by atoms with Crippen LogP contribution in [0.2, 0.25) is 0 Å². The number of fused-ring (bicyclic) bond motifs is 1. The van der Waals surface area contributed by atoms with Crippen LogP contribution in [-0.4, -0.2) is 16.2 Å². The second kappa shape index (κ2) is 3.18. The van der Waals surface area contributed by atoms with Gasteiger partial charge in [0.25, 0.3) is 0 Å². The highest BCUT2D eigenvalue weighted by Crippen LogP contribution is 2.35.